The van der Waals surface area contributed by atoms with Crippen LogP contribution in [0.1, 0.15) is 33.6 Å². The molecule has 12 heavy (non-hydrogen) atoms. The number of hydrogen-bond acceptors (Lipinski definition) is 2. The van der Waals surface area contributed by atoms with Gasteiger partial charge in [0.15, 0.2) is 0 Å². The first-order valence-corrected chi connectivity index (χ1v) is 5.06. The van der Waals surface area contributed by atoms with Crippen molar-refractivity contribution >= 4 is 0 Å². The average Bonchev–Trinajstić information content (AvgIpc) is 2.36. The molecule has 1 saturated heterocycles. The molecule has 72 valence electrons. The van der Waals surface area contributed by atoms with Gasteiger partial charge in [0.05, 0.1) is 12.7 Å². The fraction of sp³-hybridized carbons (Fsp3) is 1.00. The van der Waals surface area contributed by atoms with Crippen molar-refractivity contribution in [1.82, 2.24) is 4.90 Å². The smallest absolute Gasteiger partial charge is 0.0597 e. The third-order valence-corrected chi connectivity index (χ3v) is 2.52. The van der Waals surface area contributed by atoms with E-state index in [0.717, 1.165) is 19.2 Å². The summed E-state index contributed by atoms with van der Waals surface area (Å²) in [5.74, 6) is 0. The minimum atomic E-state index is 0.378. The topological polar surface area (TPSA) is 12.5 Å². The molecule has 1 rings (SSSR count). The molecule has 1 aliphatic rings. The molecule has 0 amide bonds. The third-order valence-electron chi connectivity index (χ3n) is 2.52. The van der Waals surface area contributed by atoms with Gasteiger partial charge >= 0.3 is 0 Å². The second kappa shape index (κ2) is 4.83. The Hall–Kier alpha value is -0.0800. The minimum absolute atomic E-state index is 0.378. The van der Waals surface area contributed by atoms with Gasteiger partial charge in [0, 0.05) is 12.6 Å². The van der Waals surface area contributed by atoms with Gasteiger partial charge in [-0.1, -0.05) is 0 Å². The van der Waals surface area contributed by atoms with Gasteiger partial charge in [0.25, 0.3) is 0 Å². The van der Waals surface area contributed by atoms with E-state index in [0.29, 0.717) is 6.10 Å². The maximum Gasteiger partial charge on any atom is 0.0597 e. The molecule has 0 aromatic carbocycles. The Labute approximate surface area is 75.9 Å². The van der Waals surface area contributed by atoms with Gasteiger partial charge in [-0.2, -0.15) is 0 Å². The Kier molecular flexibility index (Phi) is 4.02. The Bertz CT molecular complexity index is 125. The Morgan fingerprint density at radius 1 is 1.50 bits per heavy atom. The van der Waals surface area contributed by atoms with Crippen LogP contribution in [0.4, 0.5) is 0 Å². The molecule has 0 aromatic rings. The predicted octanol–water partition coefficient (Wildman–Crippen LogP) is 1.90. The summed E-state index contributed by atoms with van der Waals surface area (Å²) < 4.78 is 5.51. The zero-order valence-electron chi connectivity index (χ0n) is 8.55. The molecular formula is C10H21NO. The first-order chi connectivity index (χ1) is 5.70. The SMILES string of the molecule is CC(C)OCCN1CCCC1C. The molecule has 0 radical (unpaired) electrons. The molecule has 1 atom stereocenters. The predicted molar refractivity (Wildman–Crippen MR) is 51.4 cm³/mol. The van der Waals surface area contributed by atoms with E-state index < -0.39 is 0 Å². The van der Waals surface area contributed by atoms with Gasteiger partial charge in [-0.3, -0.25) is 4.90 Å². The molecule has 1 aliphatic heterocycles. The van der Waals surface area contributed by atoms with Crippen molar-refractivity contribution in [3.63, 3.8) is 0 Å². The first kappa shape index (κ1) is 10.0. The van der Waals surface area contributed by atoms with Crippen LogP contribution >= 0.6 is 0 Å². The lowest BCUT2D eigenvalue weighted by atomic mass is 10.2. The van der Waals surface area contributed by atoms with Gasteiger partial charge in [-0.25, -0.2) is 0 Å². The van der Waals surface area contributed by atoms with E-state index in [9.17, 15) is 0 Å². The molecule has 0 bridgehead atoms. The van der Waals surface area contributed by atoms with Gasteiger partial charge < -0.3 is 4.74 Å². The summed E-state index contributed by atoms with van der Waals surface area (Å²) in [7, 11) is 0. The lowest BCUT2D eigenvalue weighted by Crippen LogP contribution is -2.30. The number of ether oxygens (including phenoxy) is 1. The molecule has 0 spiro atoms. The van der Waals surface area contributed by atoms with E-state index in [1.165, 1.54) is 19.4 Å². The molecule has 1 heterocycles. The molecule has 2 heteroatoms. The average molecular weight is 171 g/mol. The Balaban J connectivity index is 2.06. The molecule has 0 aliphatic carbocycles. The first-order valence-electron chi connectivity index (χ1n) is 5.06. The van der Waals surface area contributed by atoms with Crippen molar-refractivity contribution < 1.29 is 4.74 Å². The Morgan fingerprint density at radius 2 is 2.25 bits per heavy atom. The van der Waals surface area contributed by atoms with E-state index in [1.54, 1.807) is 0 Å². The van der Waals surface area contributed by atoms with Crippen LogP contribution in [0.25, 0.3) is 0 Å². The fourth-order valence-electron chi connectivity index (χ4n) is 1.73. The highest BCUT2D eigenvalue weighted by molar-refractivity contribution is 4.74. The molecule has 0 aromatic heterocycles. The summed E-state index contributed by atoms with van der Waals surface area (Å²) in [6.45, 7) is 9.76. The van der Waals surface area contributed by atoms with Crippen molar-refractivity contribution in [1.29, 1.82) is 0 Å². The van der Waals surface area contributed by atoms with Crippen molar-refractivity contribution in [2.45, 2.75) is 45.8 Å². The normalized spacial score (nSPS) is 25.5. The van der Waals surface area contributed by atoms with Gasteiger partial charge in [-0.15, -0.1) is 0 Å². The van der Waals surface area contributed by atoms with Crippen LogP contribution in [-0.2, 0) is 4.74 Å². The van der Waals surface area contributed by atoms with E-state index in [2.05, 4.69) is 25.7 Å². The number of rotatable bonds is 4. The van der Waals surface area contributed by atoms with E-state index in [4.69, 9.17) is 4.74 Å². The second-order valence-electron chi connectivity index (χ2n) is 3.95. The van der Waals surface area contributed by atoms with Gasteiger partial charge in [0.1, 0.15) is 0 Å². The van der Waals surface area contributed by atoms with Crippen LogP contribution in [-0.4, -0.2) is 36.7 Å². The maximum atomic E-state index is 5.51. The van der Waals surface area contributed by atoms with Gasteiger partial charge in [0.2, 0.25) is 0 Å². The molecule has 1 fully saturated rings. The monoisotopic (exact) mass is 171 g/mol. The molecule has 0 saturated carbocycles. The highest BCUT2D eigenvalue weighted by atomic mass is 16.5. The van der Waals surface area contributed by atoms with Crippen LogP contribution in [0, 0.1) is 0 Å². The molecule has 1 unspecified atom stereocenters. The molecule has 2 nitrogen and oxygen atoms in total. The summed E-state index contributed by atoms with van der Waals surface area (Å²) in [5.41, 5.74) is 0. The molecule has 0 N–H and O–H groups in total. The van der Waals surface area contributed by atoms with Crippen molar-refractivity contribution in [2.75, 3.05) is 19.7 Å². The highest BCUT2D eigenvalue weighted by Crippen LogP contribution is 2.15. The second-order valence-corrected chi connectivity index (χ2v) is 3.95. The van der Waals surface area contributed by atoms with E-state index in [-0.39, 0.29) is 0 Å². The highest BCUT2D eigenvalue weighted by Gasteiger charge is 2.19. The van der Waals surface area contributed by atoms with Crippen LogP contribution < -0.4 is 0 Å². The fourth-order valence-corrected chi connectivity index (χ4v) is 1.73. The van der Waals surface area contributed by atoms with Crippen LogP contribution in [0.15, 0.2) is 0 Å². The van der Waals surface area contributed by atoms with E-state index in [1.807, 2.05) is 0 Å². The number of hydrogen-bond donors (Lipinski definition) is 0. The summed E-state index contributed by atoms with van der Waals surface area (Å²) in [6.07, 6.45) is 3.10. The Morgan fingerprint density at radius 3 is 2.75 bits per heavy atom. The van der Waals surface area contributed by atoms with Crippen molar-refractivity contribution in [3.8, 4) is 0 Å². The van der Waals surface area contributed by atoms with Crippen LogP contribution in [0.3, 0.4) is 0 Å². The quantitative estimate of drug-likeness (QED) is 0.640. The zero-order valence-corrected chi connectivity index (χ0v) is 8.55. The summed E-state index contributed by atoms with van der Waals surface area (Å²) in [4.78, 5) is 2.52. The zero-order chi connectivity index (χ0) is 8.97. The van der Waals surface area contributed by atoms with Crippen LogP contribution in [0.2, 0.25) is 0 Å². The van der Waals surface area contributed by atoms with Crippen LogP contribution in [0.5, 0.6) is 0 Å². The largest absolute Gasteiger partial charge is 0.377 e. The van der Waals surface area contributed by atoms with Crippen molar-refractivity contribution in [3.05, 3.63) is 0 Å². The standard InChI is InChI=1S/C10H21NO/c1-9(2)12-8-7-11-6-4-5-10(11)3/h9-10H,4-8H2,1-3H3. The molecular weight excluding hydrogens is 150 g/mol. The summed E-state index contributed by atoms with van der Waals surface area (Å²) in [6, 6.07) is 0.778. The third kappa shape index (κ3) is 3.11. The van der Waals surface area contributed by atoms with E-state index >= 15 is 0 Å². The lowest BCUT2D eigenvalue weighted by Gasteiger charge is -2.21. The summed E-state index contributed by atoms with van der Waals surface area (Å²) >= 11 is 0. The maximum absolute atomic E-state index is 5.51. The lowest BCUT2D eigenvalue weighted by molar-refractivity contribution is 0.0578. The van der Waals surface area contributed by atoms with Gasteiger partial charge in [-0.05, 0) is 40.2 Å². The number of likely N-dealkylation sites (tertiary alicyclic amines) is 1. The summed E-state index contributed by atoms with van der Waals surface area (Å²) in [5, 5.41) is 0. The minimum Gasteiger partial charge on any atom is -0.377 e. The van der Waals surface area contributed by atoms with Crippen molar-refractivity contribution in [2.24, 2.45) is 0 Å². The number of nitrogens with zero attached hydrogens (tertiary/aromatic N) is 1.